The lowest BCUT2D eigenvalue weighted by atomic mass is 10.0. The van der Waals surface area contributed by atoms with Crippen LogP contribution in [0.2, 0.25) is 0 Å². The summed E-state index contributed by atoms with van der Waals surface area (Å²) in [6.45, 7) is 2.04. The predicted molar refractivity (Wildman–Crippen MR) is 86.4 cm³/mol. The van der Waals surface area contributed by atoms with Gasteiger partial charge in [-0.15, -0.1) is 0 Å². The normalized spacial score (nSPS) is 21.2. The van der Waals surface area contributed by atoms with E-state index in [4.69, 9.17) is 4.74 Å². The number of fused-ring (bicyclic) bond motifs is 1. The molecule has 1 amide bonds. The summed E-state index contributed by atoms with van der Waals surface area (Å²) in [6, 6.07) is 15.2. The van der Waals surface area contributed by atoms with Crippen LogP contribution in [0.1, 0.15) is 24.8 Å². The van der Waals surface area contributed by atoms with Crippen LogP contribution in [0.5, 0.6) is 0 Å². The van der Waals surface area contributed by atoms with Crippen LogP contribution in [0.25, 0.3) is 10.8 Å². The first-order valence-electron chi connectivity index (χ1n) is 8.18. The van der Waals surface area contributed by atoms with Crippen molar-refractivity contribution >= 4 is 16.7 Å². The Kier molecular flexibility index (Phi) is 3.59. The summed E-state index contributed by atoms with van der Waals surface area (Å²) in [7, 11) is 0. The zero-order valence-corrected chi connectivity index (χ0v) is 12.7. The van der Waals surface area contributed by atoms with Gasteiger partial charge in [-0.3, -0.25) is 4.79 Å². The molecule has 4 rings (SSSR count). The van der Waals surface area contributed by atoms with Crippen LogP contribution < -0.4 is 0 Å². The smallest absolute Gasteiger partial charge is 0.228 e. The summed E-state index contributed by atoms with van der Waals surface area (Å²) in [5.41, 5.74) is 1.25. The number of hydrogen-bond donors (Lipinski definition) is 0. The first kappa shape index (κ1) is 13.8. The molecule has 1 atom stereocenters. The molecule has 2 aromatic rings. The molecule has 1 unspecified atom stereocenters. The van der Waals surface area contributed by atoms with Gasteiger partial charge in [0.05, 0.1) is 12.5 Å². The van der Waals surface area contributed by atoms with Crippen LogP contribution in [0.3, 0.4) is 0 Å². The van der Waals surface area contributed by atoms with Gasteiger partial charge in [-0.05, 0) is 35.6 Å². The minimum atomic E-state index is 0.0653. The van der Waals surface area contributed by atoms with Gasteiger partial charge in [0.15, 0.2) is 0 Å². The van der Waals surface area contributed by atoms with Crippen molar-refractivity contribution in [1.29, 1.82) is 0 Å². The van der Waals surface area contributed by atoms with Gasteiger partial charge in [-0.1, -0.05) is 42.5 Å². The fraction of sp³-hybridized carbons (Fsp3) is 0.421. The summed E-state index contributed by atoms with van der Waals surface area (Å²) in [4.78, 5) is 14.9. The lowest BCUT2D eigenvalue weighted by Crippen LogP contribution is -2.37. The SMILES string of the molecule is O=C(C1CCOC1)N(Cc1cccc2ccccc12)C1CC1. The molecule has 1 heterocycles. The van der Waals surface area contributed by atoms with Gasteiger partial charge in [0.25, 0.3) is 0 Å². The molecule has 22 heavy (non-hydrogen) atoms. The van der Waals surface area contributed by atoms with E-state index in [2.05, 4.69) is 47.4 Å². The molecule has 1 saturated heterocycles. The molecule has 1 aliphatic heterocycles. The van der Waals surface area contributed by atoms with Crippen molar-refractivity contribution < 1.29 is 9.53 Å². The van der Waals surface area contributed by atoms with E-state index in [0.29, 0.717) is 12.6 Å². The van der Waals surface area contributed by atoms with E-state index in [1.165, 1.54) is 16.3 Å². The zero-order valence-electron chi connectivity index (χ0n) is 12.7. The van der Waals surface area contributed by atoms with Gasteiger partial charge in [-0.2, -0.15) is 0 Å². The maximum atomic E-state index is 12.8. The van der Waals surface area contributed by atoms with E-state index in [9.17, 15) is 4.79 Å². The Labute approximate surface area is 130 Å². The van der Waals surface area contributed by atoms with E-state index >= 15 is 0 Å². The minimum absolute atomic E-state index is 0.0653. The summed E-state index contributed by atoms with van der Waals surface area (Å²) < 4.78 is 5.40. The van der Waals surface area contributed by atoms with Gasteiger partial charge < -0.3 is 9.64 Å². The highest BCUT2D eigenvalue weighted by Crippen LogP contribution is 2.32. The lowest BCUT2D eigenvalue weighted by Gasteiger charge is -2.26. The van der Waals surface area contributed by atoms with E-state index in [1.54, 1.807) is 0 Å². The van der Waals surface area contributed by atoms with Crippen molar-refractivity contribution in [3.63, 3.8) is 0 Å². The molecule has 114 valence electrons. The van der Waals surface area contributed by atoms with E-state index < -0.39 is 0 Å². The Morgan fingerprint density at radius 2 is 1.91 bits per heavy atom. The summed E-state index contributed by atoms with van der Waals surface area (Å²) in [5.74, 6) is 0.350. The molecule has 3 heteroatoms. The topological polar surface area (TPSA) is 29.5 Å². The van der Waals surface area contributed by atoms with Crippen LogP contribution in [0.15, 0.2) is 42.5 Å². The Morgan fingerprint density at radius 3 is 2.68 bits per heavy atom. The second-order valence-corrected chi connectivity index (χ2v) is 6.40. The first-order valence-corrected chi connectivity index (χ1v) is 8.18. The highest BCUT2D eigenvalue weighted by Gasteiger charge is 2.37. The molecule has 0 aromatic heterocycles. The minimum Gasteiger partial charge on any atom is -0.381 e. The van der Waals surface area contributed by atoms with Gasteiger partial charge >= 0.3 is 0 Å². The molecule has 0 N–H and O–H groups in total. The molecule has 2 fully saturated rings. The van der Waals surface area contributed by atoms with Crippen molar-refractivity contribution in [3.8, 4) is 0 Å². The lowest BCUT2D eigenvalue weighted by molar-refractivity contribution is -0.136. The van der Waals surface area contributed by atoms with Gasteiger partial charge in [0, 0.05) is 19.2 Å². The van der Waals surface area contributed by atoms with Gasteiger partial charge in [0.2, 0.25) is 5.91 Å². The van der Waals surface area contributed by atoms with Crippen LogP contribution in [-0.4, -0.2) is 30.1 Å². The van der Waals surface area contributed by atoms with Crippen LogP contribution in [0.4, 0.5) is 0 Å². The summed E-state index contributed by atoms with van der Waals surface area (Å²) in [6.07, 6.45) is 3.16. The van der Waals surface area contributed by atoms with Crippen molar-refractivity contribution in [3.05, 3.63) is 48.0 Å². The highest BCUT2D eigenvalue weighted by atomic mass is 16.5. The van der Waals surface area contributed by atoms with Gasteiger partial charge in [0.1, 0.15) is 0 Å². The average Bonchev–Trinajstić information content (AvgIpc) is 3.25. The van der Waals surface area contributed by atoms with E-state index in [1.807, 2.05) is 0 Å². The average molecular weight is 295 g/mol. The molecule has 1 aliphatic carbocycles. The van der Waals surface area contributed by atoms with E-state index in [-0.39, 0.29) is 11.8 Å². The second-order valence-electron chi connectivity index (χ2n) is 6.40. The van der Waals surface area contributed by atoms with Crippen LogP contribution in [0, 0.1) is 5.92 Å². The Morgan fingerprint density at radius 1 is 1.09 bits per heavy atom. The Bertz CT molecular complexity index is 681. The molecule has 1 saturated carbocycles. The first-order chi connectivity index (χ1) is 10.8. The molecule has 0 radical (unpaired) electrons. The maximum absolute atomic E-state index is 12.8. The van der Waals surface area contributed by atoms with Gasteiger partial charge in [-0.25, -0.2) is 0 Å². The Hall–Kier alpha value is -1.87. The number of carbonyl (C=O) groups excluding carboxylic acids is 1. The third-order valence-electron chi connectivity index (χ3n) is 4.77. The molecule has 2 aliphatic rings. The zero-order chi connectivity index (χ0) is 14.9. The molecular weight excluding hydrogens is 274 g/mol. The third kappa shape index (κ3) is 2.61. The molecule has 3 nitrogen and oxygen atoms in total. The summed E-state index contributed by atoms with van der Waals surface area (Å²) in [5, 5.41) is 2.50. The molecule has 0 spiro atoms. The Balaban J connectivity index is 1.62. The molecular formula is C19H21NO2. The number of nitrogens with zero attached hydrogens (tertiary/aromatic N) is 1. The maximum Gasteiger partial charge on any atom is 0.228 e. The van der Waals surface area contributed by atoms with Crippen molar-refractivity contribution in [2.24, 2.45) is 5.92 Å². The van der Waals surface area contributed by atoms with Crippen LogP contribution >= 0.6 is 0 Å². The van der Waals surface area contributed by atoms with Crippen molar-refractivity contribution in [2.75, 3.05) is 13.2 Å². The quantitative estimate of drug-likeness (QED) is 0.865. The molecule has 2 aromatic carbocycles. The monoisotopic (exact) mass is 295 g/mol. The largest absolute Gasteiger partial charge is 0.381 e. The highest BCUT2D eigenvalue weighted by molar-refractivity contribution is 5.86. The number of benzene rings is 2. The fourth-order valence-electron chi connectivity index (χ4n) is 3.35. The number of hydrogen-bond acceptors (Lipinski definition) is 2. The summed E-state index contributed by atoms with van der Waals surface area (Å²) >= 11 is 0. The molecule has 0 bridgehead atoms. The number of rotatable bonds is 4. The van der Waals surface area contributed by atoms with Crippen molar-refractivity contribution in [1.82, 2.24) is 4.90 Å². The van der Waals surface area contributed by atoms with Crippen molar-refractivity contribution in [2.45, 2.75) is 31.8 Å². The standard InChI is InChI=1S/C19H21NO2/c21-19(16-10-11-22-13-16)20(17-8-9-17)12-15-6-3-5-14-4-1-2-7-18(14)15/h1-7,16-17H,8-13H2. The van der Waals surface area contributed by atoms with Crippen LogP contribution in [-0.2, 0) is 16.1 Å². The number of amides is 1. The fourth-order valence-corrected chi connectivity index (χ4v) is 3.35. The number of carbonyl (C=O) groups is 1. The second kappa shape index (κ2) is 5.73. The predicted octanol–water partition coefficient (Wildman–Crippen LogP) is 3.37. The number of ether oxygens (including phenoxy) is 1. The third-order valence-corrected chi connectivity index (χ3v) is 4.77. The van der Waals surface area contributed by atoms with E-state index in [0.717, 1.165) is 32.4 Å².